The molecule has 0 aliphatic carbocycles. The Kier molecular flexibility index (Phi) is 5.69. The third kappa shape index (κ3) is 4.06. The highest BCUT2D eigenvalue weighted by atomic mass is 32.1. The summed E-state index contributed by atoms with van der Waals surface area (Å²) in [6, 6.07) is 0.327. The van der Waals surface area contributed by atoms with E-state index in [-0.39, 0.29) is 0 Å². The SMILES string of the molecule is CCCCC(CN)Nc1nc(C(C)C)ns1. The minimum absolute atomic E-state index is 0.327. The Morgan fingerprint density at radius 2 is 2.19 bits per heavy atom. The highest BCUT2D eigenvalue weighted by Gasteiger charge is 2.11. The summed E-state index contributed by atoms with van der Waals surface area (Å²) in [5, 5.41) is 4.26. The van der Waals surface area contributed by atoms with Gasteiger partial charge in [-0.3, -0.25) is 0 Å². The Hall–Kier alpha value is -0.680. The van der Waals surface area contributed by atoms with E-state index in [4.69, 9.17) is 5.73 Å². The van der Waals surface area contributed by atoms with Crippen molar-refractivity contribution in [1.29, 1.82) is 0 Å². The van der Waals surface area contributed by atoms with Gasteiger partial charge in [0.1, 0.15) is 5.82 Å². The maximum Gasteiger partial charge on any atom is 0.202 e. The summed E-state index contributed by atoms with van der Waals surface area (Å²) in [7, 11) is 0. The predicted octanol–water partition coefficient (Wildman–Crippen LogP) is 2.59. The van der Waals surface area contributed by atoms with Crippen LogP contribution in [0.4, 0.5) is 5.13 Å². The van der Waals surface area contributed by atoms with E-state index >= 15 is 0 Å². The van der Waals surface area contributed by atoms with Gasteiger partial charge in [0, 0.05) is 30.0 Å². The molecule has 0 spiro atoms. The summed E-state index contributed by atoms with van der Waals surface area (Å²) in [4.78, 5) is 4.45. The number of unbranched alkanes of at least 4 members (excludes halogenated alkanes) is 1. The smallest absolute Gasteiger partial charge is 0.202 e. The van der Waals surface area contributed by atoms with Gasteiger partial charge < -0.3 is 11.1 Å². The standard InChI is InChI=1S/C11H22N4S/c1-4-5-6-9(7-12)13-11-14-10(8(2)3)15-16-11/h8-9H,4-7,12H2,1-3H3,(H,13,14,15). The van der Waals surface area contributed by atoms with E-state index in [0.29, 0.717) is 18.5 Å². The highest BCUT2D eigenvalue weighted by molar-refractivity contribution is 7.09. The summed E-state index contributed by atoms with van der Waals surface area (Å²) in [5.74, 6) is 1.30. The second kappa shape index (κ2) is 6.81. The van der Waals surface area contributed by atoms with Crippen LogP contribution < -0.4 is 11.1 Å². The molecule has 0 amide bonds. The van der Waals surface area contributed by atoms with Crippen LogP contribution >= 0.6 is 11.5 Å². The molecule has 0 aliphatic rings. The topological polar surface area (TPSA) is 63.8 Å². The second-order valence-corrected chi connectivity index (χ2v) is 5.08. The number of aromatic nitrogens is 2. The van der Waals surface area contributed by atoms with Crippen LogP contribution in [-0.2, 0) is 0 Å². The maximum absolute atomic E-state index is 5.72. The maximum atomic E-state index is 5.72. The van der Waals surface area contributed by atoms with Crippen molar-refractivity contribution in [2.24, 2.45) is 5.73 Å². The Morgan fingerprint density at radius 3 is 2.69 bits per heavy atom. The first-order valence-electron chi connectivity index (χ1n) is 5.97. The fraction of sp³-hybridized carbons (Fsp3) is 0.818. The van der Waals surface area contributed by atoms with Crippen molar-refractivity contribution in [2.75, 3.05) is 11.9 Å². The third-order valence-corrected chi connectivity index (χ3v) is 3.14. The zero-order valence-corrected chi connectivity index (χ0v) is 11.2. The Bertz CT molecular complexity index is 298. The first-order valence-corrected chi connectivity index (χ1v) is 6.74. The average Bonchev–Trinajstić information content (AvgIpc) is 2.72. The molecule has 1 unspecified atom stereocenters. The Morgan fingerprint density at radius 1 is 1.44 bits per heavy atom. The van der Waals surface area contributed by atoms with Crippen molar-refractivity contribution >= 4 is 16.7 Å². The molecule has 0 aromatic carbocycles. The molecular formula is C11H22N4S. The second-order valence-electron chi connectivity index (χ2n) is 4.33. The molecule has 1 heterocycles. The number of nitrogens with two attached hydrogens (primary N) is 1. The van der Waals surface area contributed by atoms with Crippen LogP contribution in [0.15, 0.2) is 0 Å². The first-order chi connectivity index (χ1) is 7.67. The molecule has 1 aromatic rings. The van der Waals surface area contributed by atoms with E-state index in [2.05, 4.69) is 35.4 Å². The van der Waals surface area contributed by atoms with E-state index in [0.717, 1.165) is 17.4 Å². The molecule has 5 heteroatoms. The first kappa shape index (κ1) is 13.4. The molecule has 0 radical (unpaired) electrons. The molecule has 0 saturated heterocycles. The molecule has 1 rings (SSSR count). The number of nitrogens with zero attached hydrogens (tertiary/aromatic N) is 2. The quantitative estimate of drug-likeness (QED) is 0.771. The third-order valence-electron chi connectivity index (χ3n) is 2.48. The molecule has 3 N–H and O–H groups in total. The fourth-order valence-electron chi connectivity index (χ4n) is 1.40. The van der Waals surface area contributed by atoms with Crippen molar-refractivity contribution in [3.05, 3.63) is 5.82 Å². The van der Waals surface area contributed by atoms with Crippen molar-refractivity contribution < 1.29 is 0 Å². The Balaban J connectivity index is 2.49. The van der Waals surface area contributed by atoms with Gasteiger partial charge in [0.15, 0.2) is 0 Å². The fourth-order valence-corrected chi connectivity index (χ4v) is 2.19. The lowest BCUT2D eigenvalue weighted by molar-refractivity contribution is 0.613. The van der Waals surface area contributed by atoms with Gasteiger partial charge in [0.2, 0.25) is 5.13 Å². The highest BCUT2D eigenvalue weighted by Crippen LogP contribution is 2.18. The molecule has 16 heavy (non-hydrogen) atoms. The molecule has 92 valence electrons. The largest absolute Gasteiger partial charge is 0.356 e. The summed E-state index contributed by atoms with van der Waals surface area (Å²) in [6.45, 7) is 7.04. The van der Waals surface area contributed by atoms with Crippen LogP contribution in [0.5, 0.6) is 0 Å². The van der Waals surface area contributed by atoms with E-state index in [1.165, 1.54) is 24.4 Å². The Labute approximate surface area is 102 Å². The van der Waals surface area contributed by atoms with Crippen LogP contribution in [0, 0.1) is 0 Å². The zero-order valence-electron chi connectivity index (χ0n) is 10.4. The normalized spacial score (nSPS) is 13.1. The number of hydrogen-bond donors (Lipinski definition) is 2. The molecule has 4 nitrogen and oxygen atoms in total. The van der Waals surface area contributed by atoms with Crippen LogP contribution in [0.1, 0.15) is 51.8 Å². The van der Waals surface area contributed by atoms with Gasteiger partial charge in [-0.1, -0.05) is 33.6 Å². The molecule has 0 aliphatic heterocycles. The van der Waals surface area contributed by atoms with E-state index in [1.54, 1.807) is 0 Å². The number of anilines is 1. The van der Waals surface area contributed by atoms with Gasteiger partial charge in [0.25, 0.3) is 0 Å². The van der Waals surface area contributed by atoms with Crippen molar-refractivity contribution in [1.82, 2.24) is 9.36 Å². The number of hydrogen-bond acceptors (Lipinski definition) is 5. The zero-order chi connectivity index (χ0) is 12.0. The van der Waals surface area contributed by atoms with Gasteiger partial charge in [-0.15, -0.1) is 0 Å². The minimum atomic E-state index is 0.327. The van der Waals surface area contributed by atoms with Crippen molar-refractivity contribution in [3.8, 4) is 0 Å². The summed E-state index contributed by atoms with van der Waals surface area (Å²) in [6.07, 6.45) is 3.50. The summed E-state index contributed by atoms with van der Waals surface area (Å²) in [5.41, 5.74) is 5.72. The molecule has 0 saturated carbocycles. The van der Waals surface area contributed by atoms with Gasteiger partial charge in [-0.25, -0.2) is 4.98 Å². The monoisotopic (exact) mass is 242 g/mol. The van der Waals surface area contributed by atoms with Crippen molar-refractivity contribution in [2.45, 2.75) is 52.0 Å². The molecule has 0 bridgehead atoms. The van der Waals surface area contributed by atoms with Gasteiger partial charge in [-0.2, -0.15) is 4.37 Å². The predicted molar refractivity (Wildman–Crippen MR) is 70.0 cm³/mol. The number of rotatable bonds is 7. The van der Waals surface area contributed by atoms with Crippen LogP contribution in [0.3, 0.4) is 0 Å². The van der Waals surface area contributed by atoms with Gasteiger partial charge in [0.05, 0.1) is 0 Å². The van der Waals surface area contributed by atoms with Crippen LogP contribution in [0.25, 0.3) is 0 Å². The van der Waals surface area contributed by atoms with E-state index < -0.39 is 0 Å². The van der Waals surface area contributed by atoms with Gasteiger partial charge >= 0.3 is 0 Å². The minimum Gasteiger partial charge on any atom is -0.356 e. The molecule has 1 aromatic heterocycles. The summed E-state index contributed by atoms with van der Waals surface area (Å²) < 4.78 is 4.31. The molecular weight excluding hydrogens is 220 g/mol. The van der Waals surface area contributed by atoms with Crippen molar-refractivity contribution in [3.63, 3.8) is 0 Å². The number of nitrogens with one attached hydrogen (secondary N) is 1. The average molecular weight is 242 g/mol. The molecule has 0 fully saturated rings. The van der Waals surface area contributed by atoms with Crippen LogP contribution in [0.2, 0.25) is 0 Å². The van der Waals surface area contributed by atoms with Gasteiger partial charge in [-0.05, 0) is 6.42 Å². The van der Waals surface area contributed by atoms with E-state index in [1.807, 2.05) is 0 Å². The molecule has 1 atom stereocenters. The lowest BCUT2D eigenvalue weighted by Gasteiger charge is -2.14. The van der Waals surface area contributed by atoms with Crippen LogP contribution in [-0.4, -0.2) is 21.9 Å². The van der Waals surface area contributed by atoms with E-state index in [9.17, 15) is 0 Å². The summed E-state index contributed by atoms with van der Waals surface area (Å²) >= 11 is 1.43. The lowest BCUT2D eigenvalue weighted by Crippen LogP contribution is -2.28. The lowest BCUT2D eigenvalue weighted by atomic mass is 10.1.